The molecule has 76 valence electrons. The number of aliphatic hydroxyl groups is 1. The Morgan fingerprint density at radius 3 is 2.43 bits per heavy atom. The van der Waals surface area contributed by atoms with Crippen molar-refractivity contribution in [2.45, 2.75) is 25.9 Å². The molecule has 4 N–H and O–H groups in total. The maximum absolute atomic E-state index is 9.42. The smallest absolute Gasteiger partial charge is 0.122 e. The number of aliphatic hydroxyl groups excluding tert-OH is 1. The Kier molecular flexibility index (Phi) is 3.65. The van der Waals surface area contributed by atoms with Crippen molar-refractivity contribution in [3.8, 4) is 0 Å². The predicted octanol–water partition coefficient (Wildman–Crippen LogP) is 1.28. The van der Waals surface area contributed by atoms with E-state index in [0.717, 1.165) is 17.5 Å². The van der Waals surface area contributed by atoms with Gasteiger partial charge >= 0.3 is 0 Å². The molecule has 0 aliphatic carbocycles. The SMILES string of the molecule is CCC(O)Cc1ccc(C(=N)N)cc1. The van der Waals surface area contributed by atoms with Crippen LogP contribution in [0.1, 0.15) is 24.5 Å². The van der Waals surface area contributed by atoms with E-state index in [0.29, 0.717) is 6.42 Å². The van der Waals surface area contributed by atoms with E-state index in [4.69, 9.17) is 11.1 Å². The third-order valence-electron chi connectivity index (χ3n) is 2.21. The van der Waals surface area contributed by atoms with Crippen molar-refractivity contribution in [2.24, 2.45) is 5.73 Å². The molecule has 3 heteroatoms. The van der Waals surface area contributed by atoms with Crippen LogP contribution < -0.4 is 5.73 Å². The number of amidine groups is 1. The van der Waals surface area contributed by atoms with Gasteiger partial charge in [-0.15, -0.1) is 0 Å². The van der Waals surface area contributed by atoms with Gasteiger partial charge < -0.3 is 10.8 Å². The zero-order valence-corrected chi connectivity index (χ0v) is 8.33. The van der Waals surface area contributed by atoms with E-state index in [1.165, 1.54) is 0 Å². The van der Waals surface area contributed by atoms with Crippen molar-refractivity contribution in [2.75, 3.05) is 0 Å². The average molecular weight is 192 g/mol. The number of rotatable bonds is 4. The molecule has 0 bridgehead atoms. The Labute approximate surface area is 84.1 Å². The Morgan fingerprint density at radius 2 is 2.00 bits per heavy atom. The van der Waals surface area contributed by atoms with Gasteiger partial charge in [-0.05, 0) is 18.4 Å². The average Bonchev–Trinajstić information content (AvgIpc) is 2.18. The molecule has 1 unspecified atom stereocenters. The molecule has 0 heterocycles. The molecule has 0 aliphatic rings. The normalized spacial score (nSPS) is 12.4. The Balaban J connectivity index is 2.68. The lowest BCUT2D eigenvalue weighted by Gasteiger charge is -2.07. The van der Waals surface area contributed by atoms with E-state index in [1.54, 1.807) is 12.1 Å². The monoisotopic (exact) mass is 192 g/mol. The van der Waals surface area contributed by atoms with Gasteiger partial charge in [-0.25, -0.2) is 0 Å². The summed E-state index contributed by atoms with van der Waals surface area (Å²) in [5.41, 5.74) is 7.12. The molecule has 1 aromatic rings. The van der Waals surface area contributed by atoms with Gasteiger partial charge in [0.1, 0.15) is 5.84 Å². The highest BCUT2D eigenvalue weighted by Gasteiger charge is 2.02. The molecule has 0 spiro atoms. The summed E-state index contributed by atoms with van der Waals surface area (Å²) in [5.74, 6) is 0.0765. The fourth-order valence-electron chi connectivity index (χ4n) is 1.24. The minimum atomic E-state index is -0.279. The summed E-state index contributed by atoms with van der Waals surface area (Å²) in [4.78, 5) is 0. The van der Waals surface area contributed by atoms with Crippen molar-refractivity contribution < 1.29 is 5.11 Å². The lowest BCUT2D eigenvalue weighted by atomic mass is 10.0. The molecule has 3 nitrogen and oxygen atoms in total. The number of nitrogen functional groups attached to an aromatic ring is 1. The lowest BCUT2D eigenvalue weighted by Crippen LogP contribution is -2.12. The zero-order valence-electron chi connectivity index (χ0n) is 8.33. The topological polar surface area (TPSA) is 70.1 Å². The molecular formula is C11H16N2O. The molecule has 1 rings (SSSR count). The summed E-state index contributed by atoms with van der Waals surface area (Å²) in [6.07, 6.45) is 1.14. The Hall–Kier alpha value is -1.35. The first-order valence-corrected chi connectivity index (χ1v) is 4.75. The summed E-state index contributed by atoms with van der Waals surface area (Å²) in [6, 6.07) is 7.41. The maximum atomic E-state index is 9.42. The van der Waals surface area contributed by atoms with Crippen LogP contribution in [0.15, 0.2) is 24.3 Å². The number of benzene rings is 1. The molecule has 14 heavy (non-hydrogen) atoms. The minimum Gasteiger partial charge on any atom is -0.393 e. The Bertz CT molecular complexity index is 306. The summed E-state index contributed by atoms with van der Waals surface area (Å²) in [7, 11) is 0. The van der Waals surface area contributed by atoms with Gasteiger partial charge in [-0.3, -0.25) is 5.41 Å². The highest BCUT2D eigenvalue weighted by Crippen LogP contribution is 2.07. The first-order valence-electron chi connectivity index (χ1n) is 4.75. The van der Waals surface area contributed by atoms with Gasteiger partial charge in [0.15, 0.2) is 0 Å². The maximum Gasteiger partial charge on any atom is 0.122 e. The summed E-state index contributed by atoms with van der Waals surface area (Å²) >= 11 is 0. The van der Waals surface area contributed by atoms with E-state index in [9.17, 15) is 5.11 Å². The van der Waals surface area contributed by atoms with Gasteiger partial charge in [-0.2, -0.15) is 0 Å². The molecule has 0 radical (unpaired) electrons. The first kappa shape index (κ1) is 10.7. The summed E-state index contributed by atoms with van der Waals surface area (Å²) in [5, 5.41) is 16.6. The van der Waals surface area contributed by atoms with Crippen LogP contribution in [0.2, 0.25) is 0 Å². The van der Waals surface area contributed by atoms with E-state index in [-0.39, 0.29) is 11.9 Å². The second kappa shape index (κ2) is 4.77. The van der Waals surface area contributed by atoms with Crippen LogP contribution in [-0.2, 0) is 6.42 Å². The van der Waals surface area contributed by atoms with Crippen LogP contribution >= 0.6 is 0 Å². The van der Waals surface area contributed by atoms with Crippen LogP contribution in [0.4, 0.5) is 0 Å². The molecule has 0 saturated carbocycles. The molecule has 0 aliphatic heterocycles. The number of nitrogens with one attached hydrogen (secondary N) is 1. The van der Waals surface area contributed by atoms with E-state index >= 15 is 0 Å². The van der Waals surface area contributed by atoms with E-state index in [2.05, 4.69) is 0 Å². The van der Waals surface area contributed by atoms with Crippen molar-refractivity contribution in [3.63, 3.8) is 0 Å². The number of nitrogens with two attached hydrogens (primary N) is 1. The quantitative estimate of drug-likeness (QED) is 0.497. The highest BCUT2D eigenvalue weighted by molar-refractivity contribution is 5.94. The minimum absolute atomic E-state index is 0.0765. The fraction of sp³-hybridized carbons (Fsp3) is 0.364. The second-order valence-corrected chi connectivity index (χ2v) is 3.38. The standard InChI is InChI=1S/C11H16N2O/c1-2-10(14)7-8-3-5-9(6-4-8)11(12)13/h3-6,10,14H,2,7H2,1H3,(H3,12,13). The largest absolute Gasteiger partial charge is 0.393 e. The Morgan fingerprint density at radius 1 is 1.43 bits per heavy atom. The van der Waals surface area contributed by atoms with Gasteiger partial charge in [0.05, 0.1) is 6.10 Å². The third-order valence-corrected chi connectivity index (χ3v) is 2.21. The predicted molar refractivity (Wildman–Crippen MR) is 57.5 cm³/mol. The molecule has 0 aromatic heterocycles. The van der Waals surface area contributed by atoms with E-state index < -0.39 is 0 Å². The molecule has 0 fully saturated rings. The number of hydrogen-bond donors (Lipinski definition) is 3. The van der Waals surface area contributed by atoms with Crippen molar-refractivity contribution >= 4 is 5.84 Å². The van der Waals surface area contributed by atoms with Gasteiger partial charge in [-0.1, -0.05) is 31.2 Å². The van der Waals surface area contributed by atoms with Gasteiger partial charge in [0.2, 0.25) is 0 Å². The summed E-state index contributed by atoms with van der Waals surface area (Å²) in [6.45, 7) is 1.95. The van der Waals surface area contributed by atoms with Crippen molar-refractivity contribution in [1.82, 2.24) is 0 Å². The van der Waals surface area contributed by atoms with Gasteiger partial charge in [0.25, 0.3) is 0 Å². The van der Waals surface area contributed by atoms with Crippen LogP contribution in [0.3, 0.4) is 0 Å². The molecular weight excluding hydrogens is 176 g/mol. The zero-order chi connectivity index (χ0) is 10.6. The van der Waals surface area contributed by atoms with Gasteiger partial charge in [0, 0.05) is 5.56 Å². The van der Waals surface area contributed by atoms with Crippen molar-refractivity contribution in [1.29, 1.82) is 5.41 Å². The third kappa shape index (κ3) is 2.85. The highest BCUT2D eigenvalue weighted by atomic mass is 16.3. The molecule has 0 saturated heterocycles. The second-order valence-electron chi connectivity index (χ2n) is 3.38. The van der Waals surface area contributed by atoms with E-state index in [1.807, 2.05) is 19.1 Å². The fourth-order valence-corrected chi connectivity index (χ4v) is 1.24. The van der Waals surface area contributed by atoms with Crippen LogP contribution in [-0.4, -0.2) is 17.0 Å². The van der Waals surface area contributed by atoms with Crippen LogP contribution in [0.25, 0.3) is 0 Å². The molecule has 0 amide bonds. The first-order chi connectivity index (χ1) is 6.63. The van der Waals surface area contributed by atoms with Crippen molar-refractivity contribution in [3.05, 3.63) is 35.4 Å². The summed E-state index contributed by atoms with van der Waals surface area (Å²) < 4.78 is 0. The molecule has 1 aromatic carbocycles. The van der Waals surface area contributed by atoms with Crippen LogP contribution in [0, 0.1) is 5.41 Å². The number of hydrogen-bond acceptors (Lipinski definition) is 2. The lowest BCUT2D eigenvalue weighted by molar-refractivity contribution is 0.171. The van der Waals surface area contributed by atoms with Crippen LogP contribution in [0.5, 0.6) is 0 Å². The molecule has 1 atom stereocenters.